The molecule has 1 aliphatic carbocycles. The third-order valence-corrected chi connectivity index (χ3v) is 5.96. The number of hydrogen-bond donors (Lipinski definition) is 2. The van der Waals surface area contributed by atoms with E-state index in [1.54, 1.807) is 19.2 Å². The second-order valence-corrected chi connectivity index (χ2v) is 7.95. The van der Waals surface area contributed by atoms with Crippen LogP contribution >= 0.6 is 0 Å². The summed E-state index contributed by atoms with van der Waals surface area (Å²) in [4.78, 5) is 11.8. The van der Waals surface area contributed by atoms with Gasteiger partial charge in [-0.1, -0.05) is 18.2 Å². The van der Waals surface area contributed by atoms with Gasteiger partial charge in [0.25, 0.3) is 0 Å². The van der Waals surface area contributed by atoms with E-state index in [-0.39, 0.29) is 6.79 Å². The van der Waals surface area contributed by atoms with E-state index in [1.807, 2.05) is 37.3 Å². The Morgan fingerprint density at radius 1 is 1.13 bits per heavy atom. The smallest absolute Gasteiger partial charge is 0.248 e. The lowest BCUT2D eigenvalue weighted by molar-refractivity contribution is -0.0225. The maximum atomic E-state index is 11.8. The fourth-order valence-electron chi connectivity index (χ4n) is 4.33. The molecule has 0 unspecified atom stereocenters. The highest BCUT2D eigenvalue weighted by molar-refractivity contribution is 5.95. The third-order valence-electron chi connectivity index (χ3n) is 5.96. The summed E-state index contributed by atoms with van der Waals surface area (Å²) in [5, 5.41) is 11.5. The van der Waals surface area contributed by atoms with Gasteiger partial charge in [-0.2, -0.15) is 0 Å². The van der Waals surface area contributed by atoms with Crippen LogP contribution in [0.15, 0.2) is 42.5 Å². The van der Waals surface area contributed by atoms with Gasteiger partial charge in [0.1, 0.15) is 11.5 Å². The van der Waals surface area contributed by atoms with Gasteiger partial charge in [-0.3, -0.25) is 4.79 Å². The standard InChI is InChI=1S/C24H31NO5/c1-17-20(23(25)26)8-9-21(30-16-28-2)22(17)24(27)13-10-18(11-14-24)12-15-29-19-6-4-3-5-7-19/h3-9,18,27H,10-16H2,1-2H3,(H2,25,26). The summed E-state index contributed by atoms with van der Waals surface area (Å²) in [6, 6.07) is 13.1. The minimum atomic E-state index is -1.06. The molecule has 0 spiro atoms. The first-order valence-electron chi connectivity index (χ1n) is 10.4. The molecule has 1 aliphatic rings. The summed E-state index contributed by atoms with van der Waals surface area (Å²) in [6.45, 7) is 2.54. The molecule has 162 valence electrons. The van der Waals surface area contributed by atoms with E-state index >= 15 is 0 Å². The fraction of sp³-hybridized carbons (Fsp3) is 0.458. The predicted molar refractivity (Wildman–Crippen MR) is 115 cm³/mol. The van der Waals surface area contributed by atoms with E-state index in [4.69, 9.17) is 19.9 Å². The van der Waals surface area contributed by atoms with Gasteiger partial charge < -0.3 is 25.1 Å². The van der Waals surface area contributed by atoms with Crippen LogP contribution in [0.1, 0.15) is 53.6 Å². The van der Waals surface area contributed by atoms with Gasteiger partial charge in [0.2, 0.25) is 5.91 Å². The lowest BCUT2D eigenvalue weighted by atomic mass is 9.72. The van der Waals surface area contributed by atoms with Crippen molar-refractivity contribution in [1.82, 2.24) is 0 Å². The second kappa shape index (κ2) is 9.96. The first-order chi connectivity index (χ1) is 14.4. The van der Waals surface area contributed by atoms with Gasteiger partial charge in [-0.25, -0.2) is 0 Å². The van der Waals surface area contributed by atoms with Crippen molar-refractivity contribution in [1.29, 1.82) is 0 Å². The maximum absolute atomic E-state index is 11.8. The molecule has 0 bridgehead atoms. The maximum Gasteiger partial charge on any atom is 0.248 e. The van der Waals surface area contributed by atoms with Crippen molar-refractivity contribution in [2.75, 3.05) is 20.5 Å². The number of ether oxygens (including phenoxy) is 3. The van der Waals surface area contributed by atoms with Gasteiger partial charge in [0.05, 0.1) is 12.2 Å². The van der Waals surface area contributed by atoms with E-state index in [0.29, 0.717) is 47.8 Å². The molecule has 1 saturated carbocycles. The van der Waals surface area contributed by atoms with Gasteiger partial charge >= 0.3 is 0 Å². The molecule has 0 aromatic heterocycles. The monoisotopic (exact) mass is 413 g/mol. The highest BCUT2D eigenvalue weighted by atomic mass is 16.7. The number of rotatable bonds is 9. The number of carbonyl (C=O) groups is 1. The minimum absolute atomic E-state index is 0.0673. The van der Waals surface area contributed by atoms with Crippen LogP contribution in [-0.4, -0.2) is 31.5 Å². The fourth-order valence-corrected chi connectivity index (χ4v) is 4.33. The average molecular weight is 414 g/mol. The molecule has 0 atom stereocenters. The van der Waals surface area contributed by atoms with E-state index in [0.717, 1.165) is 25.0 Å². The van der Waals surface area contributed by atoms with E-state index in [1.165, 1.54) is 0 Å². The topological polar surface area (TPSA) is 91.0 Å². The SMILES string of the molecule is COCOc1ccc(C(N)=O)c(C)c1C1(O)CCC(CCOc2ccccc2)CC1. The highest BCUT2D eigenvalue weighted by Gasteiger charge is 2.39. The van der Waals surface area contributed by atoms with Crippen LogP contribution in [0.3, 0.4) is 0 Å². The van der Waals surface area contributed by atoms with E-state index in [9.17, 15) is 9.90 Å². The Bertz CT molecular complexity index is 844. The van der Waals surface area contributed by atoms with Crippen LogP contribution in [-0.2, 0) is 10.3 Å². The van der Waals surface area contributed by atoms with Crippen molar-refractivity contribution < 1.29 is 24.1 Å². The second-order valence-electron chi connectivity index (χ2n) is 7.95. The third kappa shape index (κ3) is 5.12. The Morgan fingerprint density at radius 3 is 2.47 bits per heavy atom. The first kappa shape index (κ1) is 22.1. The van der Waals surface area contributed by atoms with Crippen molar-refractivity contribution in [3.8, 4) is 11.5 Å². The number of amides is 1. The summed E-state index contributed by atoms with van der Waals surface area (Å²) >= 11 is 0. The zero-order valence-corrected chi connectivity index (χ0v) is 17.7. The summed E-state index contributed by atoms with van der Waals surface area (Å²) in [7, 11) is 1.54. The number of aliphatic hydroxyl groups is 1. The normalized spacial score (nSPS) is 21.2. The summed E-state index contributed by atoms with van der Waals surface area (Å²) in [5.74, 6) is 1.38. The Labute approximate surface area is 177 Å². The van der Waals surface area contributed by atoms with Crippen molar-refractivity contribution >= 4 is 5.91 Å². The highest BCUT2D eigenvalue weighted by Crippen LogP contribution is 2.45. The minimum Gasteiger partial charge on any atom is -0.494 e. The molecule has 1 amide bonds. The van der Waals surface area contributed by atoms with Crippen LogP contribution in [0.25, 0.3) is 0 Å². The average Bonchev–Trinajstić information content (AvgIpc) is 2.74. The predicted octanol–water partition coefficient (Wildman–Crippen LogP) is 3.92. The molecular formula is C24H31NO5. The molecule has 1 fully saturated rings. The Kier molecular flexibility index (Phi) is 7.34. The van der Waals surface area contributed by atoms with Crippen LogP contribution in [0.4, 0.5) is 0 Å². The van der Waals surface area contributed by atoms with E-state index < -0.39 is 11.5 Å². The zero-order chi connectivity index (χ0) is 21.6. The molecule has 3 rings (SSSR count). The molecule has 0 radical (unpaired) electrons. The number of carbonyl (C=O) groups excluding carboxylic acids is 1. The summed E-state index contributed by atoms with van der Waals surface area (Å²) in [6.07, 6.45) is 3.88. The van der Waals surface area contributed by atoms with Gasteiger partial charge in [-0.05, 0) is 74.8 Å². The van der Waals surface area contributed by atoms with Crippen molar-refractivity contribution in [3.05, 3.63) is 59.2 Å². The number of nitrogens with two attached hydrogens (primary N) is 1. The summed E-state index contributed by atoms with van der Waals surface area (Å²) in [5.41, 5.74) is 6.19. The lowest BCUT2D eigenvalue weighted by Crippen LogP contribution is -2.34. The lowest BCUT2D eigenvalue weighted by Gasteiger charge is -2.38. The number of primary amides is 1. The molecule has 30 heavy (non-hydrogen) atoms. The molecule has 0 saturated heterocycles. The molecule has 0 aliphatic heterocycles. The molecule has 6 heteroatoms. The van der Waals surface area contributed by atoms with Crippen LogP contribution < -0.4 is 15.2 Å². The van der Waals surface area contributed by atoms with Crippen molar-refractivity contribution in [3.63, 3.8) is 0 Å². The number of para-hydroxylation sites is 1. The van der Waals surface area contributed by atoms with Crippen LogP contribution in [0, 0.1) is 12.8 Å². The largest absolute Gasteiger partial charge is 0.494 e. The molecule has 3 N–H and O–H groups in total. The molecular weight excluding hydrogens is 382 g/mol. The first-order valence-corrected chi connectivity index (χ1v) is 10.4. The molecule has 0 heterocycles. The van der Waals surface area contributed by atoms with Crippen LogP contribution in [0.5, 0.6) is 11.5 Å². The Morgan fingerprint density at radius 2 is 1.83 bits per heavy atom. The quantitative estimate of drug-likeness (QED) is 0.608. The Hall–Kier alpha value is -2.57. The van der Waals surface area contributed by atoms with Gasteiger partial charge in [0, 0.05) is 18.2 Å². The Balaban J connectivity index is 1.68. The number of benzene rings is 2. The summed E-state index contributed by atoms with van der Waals surface area (Å²) < 4.78 is 16.6. The molecule has 6 nitrogen and oxygen atoms in total. The zero-order valence-electron chi connectivity index (χ0n) is 17.7. The number of methoxy groups -OCH3 is 1. The van der Waals surface area contributed by atoms with Crippen LogP contribution in [0.2, 0.25) is 0 Å². The van der Waals surface area contributed by atoms with Gasteiger partial charge in [-0.15, -0.1) is 0 Å². The van der Waals surface area contributed by atoms with Gasteiger partial charge in [0.15, 0.2) is 6.79 Å². The molecule has 2 aromatic carbocycles. The van der Waals surface area contributed by atoms with E-state index in [2.05, 4.69) is 0 Å². The van der Waals surface area contributed by atoms with Crippen molar-refractivity contribution in [2.24, 2.45) is 11.7 Å². The number of hydrogen-bond acceptors (Lipinski definition) is 5. The van der Waals surface area contributed by atoms with Crippen molar-refractivity contribution in [2.45, 2.75) is 44.6 Å². The molecule has 2 aromatic rings.